The van der Waals surface area contributed by atoms with Crippen LogP contribution in [0.5, 0.6) is 0 Å². The fourth-order valence-corrected chi connectivity index (χ4v) is 7.06. The second-order valence-electron chi connectivity index (χ2n) is 7.68. The van der Waals surface area contributed by atoms with E-state index in [0.29, 0.717) is 12.3 Å². The van der Waals surface area contributed by atoms with E-state index in [1.807, 2.05) is 0 Å². The third kappa shape index (κ3) is 2.47. The number of rotatable bonds is 5. The minimum absolute atomic E-state index is 0.0418. The molecule has 3 rings (SSSR count). The lowest BCUT2D eigenvalue weighted by Gasteiger charge is -2.38. The molecule has 6 nitrogen and oxygen atoms in total. The molecule has 7 heteroatoms. The molecule has 0 aromatic carbocycles. The van der Waals surface area contributed by atoms with Gasteiger partial charge in [0.15, 0.2) is 6.10 Å². The van der Waals surface area contributed by atoms with Gasteiger partial charge < -0.3 is 9.84 Å². The molecule has 2 aliphatic carbocycles. The Morgan fingerprint density at radius 1 is 1.27 bits per heavy atom. The van der Waals surface area contributed by atoms with Gasteiger partial charge in [-0.15, -0.1) is 0 Å². The third-order valence-corrected chi connectivity index (χ3v) is 8.06. The Kier molecular flexibility index (Phi) is 3.81. The number of carboxylic acids is 1. The number of ether oxygens (including phenoxy) is 1. The summed E-state index contributed by atoms with van der Waals surface area (Å²) in [6, 6.07) is -0.652. The lowest BCUT2D eigenvalue weighted by Crippen LogP contribution is -2.48. The molecule has 1 aliphatic heterocycles. The second kappa shape index (κ2) is 5.18. The van der Waals surface area contributed by atoms with Crippen molar-refractivity contribution in [2.75, 3.05) is 12.4 Å². The fourth-order valence-electron chi connectivity index (χ4n) is 4.89. The molecule has 0 aromatic heterocycles. The average molecular weight is 331 g/mol. The Morgan fingerprint density at radius 2 is 1.91 bits per heavy atom. The van der Waals surface area contributed by atoms with E-state index in [1.54, 1.807) is 0 Å². The highest BCUT2D eigenvalue weighted by Crippen LogP contribution is 2.66. The summed E-state index contributed by atoms with van der Waals surface area (Å²) in [4.78, 5) is 11.1. The van der Waals surface area contributed by atoms with Gasteiger partial charge in [-0.2, -0.15) is 0 Å². The maximum atomic E-state index is 12.6. The first-order chi connectivity index (χ1) is 10.2. The van der Waals surface area contributed by atoms with Crippen molar-refractivity contribution in [2.24, 2.45) is 16.7 Å². The minimum Gasteiger partial charge on any atom is -0.479 e. The van der Waals surface area contributed by atoms with Crippen LogP contribution in [0.3, 0.4) is 0 Å². The number of carbonyl (C=O) groups is 1. The summed E-state index contributed by atoms with van der Waals surface area (Å²) in [7, 11) is -3.52. The molecule has 1 saturated heterocycles. The molecule has 2 N–H and O–H groups in total. The Labute approximate surface area is 131 Å². The van der Waals surface area contributed by atoms with Crippen molar-refractivity contribution in [2.45, 2.75) is 58.1 Å². The zero-order chi connectivity index (χ0) is 16.2. The number of nitrogens with one attached hydrogen (secondary N) is 1. The summed E-state index contributed by atoms with van der Waals surface area (Å²) in [5, 5.41) is 9.09. The highest BCUT2D eigenvalue weighted by molar-refractivity contribution is 7.89. The Morgan fingerprint density at radius 3 is 2.41 bits per heavy atom. The third-order valence-electron chi connectivity index (χ3n) is 6.46. The van der Waals surface area contributed by atoms with Gasteiger partial charge in [0.1, 0.15) is 0 Å². The first-order valence-electron chi connectivity index (χ1n) is 8.01. The number of sulfonamides is 1. The van der Waals surface area contributed by atoms with Gasteiger partial charge >= 0.3 is 5.97 Å². The molecule has 2 atom stereocenters. The fraction of sp³-hybridized carbons (Fsp3) is 0.933. The molecule has 0 unspecified atom stereocenters. The molecule has 3 fully saturated rings. The zero-order valence-corrected chi connectivity index (χ0v) is 14.0. The Hall–Kier alpha value is -0.660. The first-order valence-corrected chi connectivity index (χ1v) is 9.67. The highest BCUT2D eigenvalue weighted by Gasteiger charge is 2.60. The molecule has 0 spiro atoms. The maximum absolute atomic E-state index is 12.6. The Bertz CT molecular complexity index is 562. The predicted octanol–water partition coefficient (Wildman–Crippen LogP) is 1.36. The maximum Gasteiger partial charge on any atom is 0.334 e. The van der Waals surface area contributed by atoms with E-state index >= 15 is 0 Å². The lowest BCUT2D eigenvalue weighted by molar-refractivity contribution is -0.148. The first kappa shape index (κ1) is 16.2. The lowest BCUT2D eigenvalue weighted by atomic mass is 9.71. The number of aliphatic carboxylic acids is 1. The summed E-state index contributed by atoms with van der Waals surface area (Å²) in [5.41, 5.74) is -0.123. The van der Waals surface area contributed by atoms with Crippen molar-refractivity contribution in [3.05, 3.63) is 0 Å². The number of carboxylic acid groups (broad SMARTS) is 1. The van der Waals surface area contributed by atoms with Crippen molar-refractivity contribution in [1.29, 1.82) is 0 Å². The van der Waals surface area contributed by atoms with Crippen LogP contribution in [-0.4, -0.2) is 44.0 Å². The van der Waals surface area contributed by atoms with Gasteiger partial charge in [0, 0.05) is 6.61 Å². The monoisotopic (exact) mass is 331 g/mol. The van der Waals surface area contributed by atoms with Crippen molar-refractivity contribution in [3.63, 3.8) is 0 Å². The number of hydrogen-bond donors (Lipinski definition) is 2. The van der Waals surface area contributed by atoms with Gasteiger partial charge in [0.05, 0.1) is 11.8 Å². The smallest absolute Gasteiger partial charge is 0.334 e. The molecule has 2 saturated carbocycles. The van der Waals surface area contributed by atoms with Crippen molar-refractivity contribution < 1.29 is 23.1 Å². The molecule has 0 amide bonds. The van der Waals surface area contributed by atoms with E-state index in [-0.39, 0.29) is 23.2 Å². The molecular formula is C15H25NO5S. The van der Waals surface area contributed by atoms with Gasteiger partial charge in [-0.05, 0) is 48.9 Å². The van der Waals surface area contributed by atoms with E-state index in [9.17, 15) is 13.2 Å². The van der Waals surface area contributed by atoms with Gasteiger partial charge in [0.25, 0.3) is 0 Å². The molecule has 0 aromatic rings. The highest BCUT2D eigenvalue weighted by atomic mass is 32.2. The molecule has 3 aliphatic rings. The van der Waals surface area contributed by atoms with Crippen LogP contribution in [0, 0.1) is 16.7 Å². The van der Waals surface area contributed by atoms with E-state index in [4.69, 9.17) is 9.84 Å². The second-order valence-corrected chi connectivity index (χ2v) is 9.43. The molecule has 2 bridgehead atoms. The zero-order valence-electron chi connectivity index (χ0n) is 13.2. The van der Waals surface area contributed by atoms with E-state index in [0.717, 1.165) is 25.7 Å². The van der Waals surface area contributed by atoms with Crippen LogP contribution in [-0.2, 0) is 19.6 Å². The summed E-state index contributed by atoms with van der Waals surface area (Å²) in [6.45, 7) is 4.65. The van der Waals surface area contributed by atoms with E-state index in [2.05, 4.69) is 18.6 Å². The van der Waals surface area contributed by atoms with Crippen LogP contribution >= 0.6 is 0 Å². The standard InChI is InChI=1S/C15H25NO5S/c1-14(2)10-3-6-15(14,7-4-10)9-22(19,20)16-11-5-8-21-12(11)13(17)18/h10-12,16H,3-9H2,1-2H3,(H,17,18)/t10?,11-,12+,15?/m1/s1. The molecule has 0 radical (unpaired) electrons. The molecule has 126 valence electrons. The van der Waals surface area contributed by atoms with Crippen LogP contribution in [0.15, 0.2) is 0 Å². The normalized spacial score (nSPS) is 40.2. The predicted molar refractivity (Wildman–Crippen MR) is 80.9 cm³/mol. The topological polar surface area (TPSA) is 92.7 Å². The van der Waals surface area contributed by atoms with Gasteiger partial charge in [-0.1, -0.05) is 13.8 Å². The summed E-state index contributed by atoms with van der Waals surface area (Å²) >= 11 is 0. The average Bonchev–Trinajstić information content (AvgIpc) is 3.00. The SMILES string of the molecule is CC1(C)C2CCC1(CS(=O)(=O)N[C@@H]1CCO[C@@H]1C(=O)O)CC2. The van der Waals surface area contributed by atoms with Crippen LogP contribution in [0.4, 0.5) is 0 Å². The summed E-state index contributed by atoms with van der Waals surface area (Å²) in [6.07, 6.45) is 3.46. The van der Waals surface area contributed by atoms with Crippen molar-refractivity contribution >= 4 is 16.0 Å². The van der Waals surface area contributed by atoms with Gasteiger partial charge in [-0.25, -0.2) is 17.9 Å². The van der Waals surface area contributed by atoms with E-state index < -0.39 is 28.1 Å². The van der Waals surface area contributed by atoms with Crippen LogP contribution in [0.25, 0.3) is 0 Å². The van der Waals surface area contributed by atoms with Gasteiger partial charge in [-0.3, -0.25) is 0 Å². The quantitative estimate of drug-likeness (QED) is 0.793. The van der Waals surface area contributed by atoms with Crippen LogP contribution in [0.2, 0.25) is 0 Å². The molecule has 22 heavy (non-hydrogen) atoms. The largest absolute Gasteiger partial charge is 0.479 e. The number of hydrogen-bond acceptors (Lipinski definition) is 4. The minimum atomic E-state index is -3.52. The Balaban J connectivity index is 1.73. The van der Waals surface area contributed by atoms with Crippen molar-refractivity contribution in [3.8, 4) is 0 Å². The van der Waals surface area contributed by atoms with E-state index in [1.165, 1.54) is 0 Å². The summed E-state index contributed by atoms with van der Waals surface area (Å²) < 4.78 is 33.0. The summed E-state index contributed by atoms with van der Waals surface area (Å²) in [5.74, 6) is -0.387. The molecular weight excluding hydrogens is 306 g/mol. The van der Waals surface area contributed by atoms with Crippen LogP contribution in [0.1, 0.15) is 46.0 Å². The van der Waals surface area contributed by atoms with Crippen LogP contribution < -0.4 is 4.72 Å². The molecule has 1 heterocycles. The van der Waals surface area contributed by atoms with Crippen molar-refractivity contribution in [1.82, 2.24) is 4.72 Å². The number of fused-ring (bicyclic) bond motifs is 2. The van der Waals surface area contributed by atoms with Gasteiger partial charge in [0.2, 0.25) is 10.0 Å².